The van der Waals surface area contributed by atoms with Crippen LogP contribution in [0.5, 0.6) is 0 Å². The Balaban J connectivity index is 2.02. The van der Waals surface area contributed by atoms with Gasteiger partial charge in [-0.15, -0.1) is 0 Å². The summed E-state index contributed by atoms with van der Waals surface area (Å²) in [5.41, 5.74) is 1.40. The second kappa shape index (κ2) is 4.43. The molecule has 0 heterocycles. The molecule has 0 amide bonds. The van der Waals surface area contributed by atoms with E-state index in [4.69, 9.17) is 0 Å². The fourth-order valence-corrected chi connectivity index (χ4v) is 1.79. The van der Waals surface area contributed by atoms with Gasteiger partial charge in [0, 0.05) is 12.1 Å². The maximum absolute atomic E-state index is 3.63. The molecule has 2 atom stereocenters. The van der Waals surface area contributed by atoms with E-state index in [9.17, 15) is 0 Å². The standard InChI is InChI=1S/C13H17N/c1-2-13(14-12-9-6-10-12)11-7-4-3-5-8-11/h3-9,12-14H,2,10H2,1H3. The number of rotatable bonds is 4. The lowest BCUT2D eigenvalue weighted by Crippen LogP contribution is -2.33. The first-order valence-electron chi connectivity index (χ1n) is 5.38. The largest absolute Gasteiger partial charge is 0.303 e. The van der Waals surface area contributed by atoms with Crippen LogP contribution < -0.4 is 5.32 Å². The van der Waals surface area contributed by atoms with Crippen LogP contribution in [-0.4, -0.2) is 6.04 Å². The smallest absolute Gasteiger partial charge is 0.0323 e. The molecule has 1 aromatic carbocycles. The van der Waals surface area contributed by atoms with Gasteiger partial charge >= 0.3 is 0 Å². The Bertz CT molecular complexity index is 302. The van der Waals surface area contributed by atoms with Crippen LogP contribution in [0.4, 0.5) is 0 Å². The van der Waals surface area contributed by atoms with Crippen molar-refractivity contribution in [2.45, 2.75) is 31.8 Å². The average Bonchev–Trinajstić information content (AvgIpc) is 2.18. The Morgan fingerprint density at radius 3 is 2.57 bits per heavy atom. The molecular formula is C13H17N. The van der Waals surface area contributed by atoms with E-state index < -0.39 is 0 Å². The van der Waals surface area contributed by atoms with Crippen molar-refractivity contribution in [1.82, 2.24) is 5.32 Å². The van der Waals surface area contributed by atoms with E-state index in [0.29, 0.717) is 12.1 Å². The zero-order valence-electron chi connectivity index (χ0n) is 8.61. The third-order valence-corrected chi connectivity index (χ3v) is 2.78. The third kappa shape index (κ3) is 2.05. The molecule has 0 saturated carbocycles. The van der Waals surface area contributed by atoms with E-state index >= 15 is 0 Å². The summed E-state index contributed by atoms with van der Waals surface area (Å²) in [4.78, 5) is 0. The summed E-state index contributed by atoms with van der Waals surface area (Å²) in [6, 6.07) is 11.8. The van der Waals surface area contributed by atoms with Crippen LogP contribution in [-0.2, 0) is 0 Å². The molecule has 0 aliphatic heterocycles. The third-order valence-electron chi connectivity index (χ3n) is 2.78. The summed E-state index contributed by atoms with van der Waals surface area (Å²) in [5, 5.41) is 3.63. The molecule has 0 aromatic heterocycles. The fraction of sp³-hybridized carbons (Fsp3) is 0.385. The van der Waals surface area contributed by atoms with Crippen LogP contribution >= 0.6 is 0 Å². The average molecular weight is 187 g/mol. The molecule has 2 rings (SSSR count). The summed E-state index contributed by atoms with van der Waals surface area (Å²) >= 11 is 0. The van der Waals surface area contributed by atoms with E-state index in [-0.39, 0.29) is 0 Å². The van der Waals surface area contributed by atoms with Crippen molar-refractivity contribution < 1.29 is 0 Å². The van der Waals surface area contributed by atoms with Gasteiger partial charge in [0.25, 0.3) is 0 Å². The minimum absolute atomic E-state index is 0.506. The SMILES string of the molecule is CCC(NC1C=CC1)c1ccccc1. The minimum Gasteiger partial charge on any atom is -0.303 e. The molecule has 0 saturated heterocycles. The van der Waals surface area contributed by atoms with Crippen LogP contribution in [0.15, 0.2) is 42.5 Å². The van der Waals surface area contributed by atoms with Gasteiger partial charge in [0.15, 0.2) is 0 Å². The predicted octanol–water partition coefficient (Wildman–Crippen LogP) is 3.06. The van der Waals surface area contributed by atoms with Gasteiger partial charge in [0.2, 0.25) is 0 Å². The number of benzene rings is 1. The van der Waals surface area contributed by atoms with Gasteiger partial charge in [-0.25, -0.2) is 0 Å². The molecular weight excluding hydrogens is 170 g/mol. The lowest BCUT2D eigenvalue weighted by molar-refractivity contribution is 0.456. The monoisotopic (exact) mass is 187 g/mol. The molecule has 2 unspecified atom stereocenters. The topological polar surface area (TPSA) is 12.0 Å². The van der Waals surface area contributed by atoms with Crippen LogP contribution in [0, 0.1) is 0 Å². The molecule has 0 fully saturated rings. The van der Waals surface area contributed by atoms with Crippen molar-refractivity contribution in [1.29, 1.82) is 0 Å². The van der Waals surface area contributed by atoms with Gasteiger partial charge in [-0.3, -0.25) is 0 Å². The van der Waals surface area contributed by atoms with Gasteiger partial charge in [-0.05, 0) is 18.4 Å². The van der Waals surface area contributed by atoms with Crippen molar-refractivity contribution in [3.05, 3.63) is 48.0 Å². The van der Waals surface area contributed by atoms with Crippen LogP contribution in [0.25, 0.3) is 0 Å². The van der Waals surface area contributed by atoms with Gasteiger partial charge in [-0.1, -0.05) is 49.4 Å². The highest BCUT2D eigenvalue weighted by Gasteiger charge is 2.15. The molecule has 1 N–H and O–H groups in total. The summed E-state index contributed by atoms with van der Waals surface area (Å²) in [6.45, 7) is 2.23. The van der Waals surface area contributed by atoms with Gasteiger partial charge in [0.1, 0.15) is 0 Å². The lowest BCUT2D eigenvalue weighted by Gasteiger charge is -2.26. The Hall–Kier alpha value is -1.08. The van der Waals surface area contributed by atoms with Gasteiger partial charge in [-0.2, -0.15) is 0 Å². The normalized spacial score (nSPS) is 21.6. The molecule has 1 aromatic rings. The number of nitrogens with one attached hydrogen (secondary N) is 1. The van der Waals surface area contributed by atoms with Gasteiger partial charge < -0.3 is 5.32 Å². The molecule has 1 aliphatic carbocycles. The first-order valence-corrected chi connectivity index (χ1v) is 5.38. The van der Waals surface area contributed by atoms with Crippen molar-refractivity contribution in [2.24, 2.45) is 0 Å². The first-order chi connectivity index (χ1) is 6.90. The first kappa shape index (κ1) is 9.47. The van der Waals surface area contributed by atoms with Crippen molar-refractivity contribution in [3.8, 4) is 0 Å². The highest BCUT2D eigenvalue weighted by molar-refractivity contribution is 5.20. The Morgan fingerprint density at radius 1 is 1.36 bits per heavy atom. The quantitative estimate of drug-likeness (QED) is 0.714. The van der Waals surface area contributed by atoms with Crippen molar-refractivity contribution >= 4 is 0 Å². The maximum Gasteiger partial charge on any atom is 0.0323 e. The predicted molar refractivity (Wildman–Crippen MR) is 60.2 cm³/mol. The van der Waals surface area contributed by atoms with E-state index in [2.05, 4.69) is 54.7 Å². The molecule has 14 heavy (non-hydrogen) atoms. The number of hydrogen-bond acceptors (Lipinski definition) is 1. The summed E-state index contributed by atoms with van der Waals surface area (Å²) < 4.78 is 0. The molecule has 1 aliphatic rings. The van der Waals surface area contributed by atoms with Crippen LogP contribution in [0.2, 0.25) is 0 Å². The zero-order valence-corrected chi connectivity index (χ0v) is 8.61. The Morgan fingerprint density at radius 2 is 2.07 bits per heavy atom. The highest BCUT2D eigenvalue weighted by atomic mass is 15.0. The zero-order chi connectivity index (χ0) is 9.80. The molecule has 0 bridgehead atoms. The second-order valence-corrected chi connectivity index (χ2v) is 3.81. The minimum atomic E-state index is 0.506. The summed E-state index contributed by atoms with van der Waals surface area (Å²) in [6.07, 6.45) is 6.79. The molecule has 0 spiro atoms. The highest BCUT2D eigenvalue weighted by Crippen LogP contribution is 2.19. The van der Waals surface area contributed by atoms with E-state index in [0.717, 1.165) is 6.42 Å². The van der Waals surface area contributed by atoms with E-state index in [1.165, 1.54) is 12.0 Å². The molecule has 1 nitrogen and oxygen atoms in total. The summed E-state index contributed by atoms with van der Waals surface area (Å²) in [7, 11) is 0. The van der Waals surface area contributed by atoms with Crippen molar-refractivity contribution in [2.75, 3.05) is 0 Å². The second-order valence-electron chi connectivity index (χ2n) is 3.81. The molecule has 0 radical (unpaired) electrons. The summed E-state index contributed by atoms with van der Waals surface area (Å²) in [5.74, 6) is 0. The van der Waals surface area contributed by atoms with Gasteiger partial charge in [0.05, 0.1) is 0 Å². The van der Waals surface area contributed by atoms with Crippen LogP contribution in [0.1, 0.15) is 31.4 Å². The fourth-order valence-electron chi connectivity index (χ4n) is 1.79. The Kier molecular flexibility index (Phi) is 3.00. The Labute approximate surface area is 85.8 Å². The lowest BCUT2D eigenvalue weighted by atomic mass is 9.99. The van der Waals surface area contributed by atoms with E-state index in [1.807, 2.05) is 0 Å². The number of hydrogen-bond donors (Lipinski definition) is 1. The molecule has 1 heteroatoms. The maximum atomic E-state index is 3.63. The van der Waals surface area contributed by atoms with E-state index in [1.54, 1.807) is 0 Å². The molecule has 74 valence electrons. The van der Waals surface area contributed by atoms with Crippen molar-refractivity contribution in [3.63, 3.8) is 0 Å². The van der Waals surface area contributed by atoms with Crippen LogP contribution in [0.3, 0.4) is 0 Å².